The summed E-state index contributed by atoms with van der Waals surface area (Å²) in [7, 11) is 0. The van der Waals surface area contributed by atoms with Gasteiger partial charge in [-0.3, -0.25) is 9.59 Å². The molecule has 0 radical (unpaired) electrons. The van der Waals surface area contributed by atoms with Gasteiger partial charge in [-0.15, -0.1) is 0 Å². The fourth-order valence-electron chi connectivity index (χ4n) is 5.30. The molecule has 0 aliphatic rings. The molecule has 0 saturated heterocycles. The Bertz CT molecular complexity index is 491. The first-order valence-electron chi connectivity index (χ1n) is 18.0. The zero-order chi connectivity index (χ0) is 29.8. The molecule has 0 saturated carbocycles. The third-order valence-corrected chi connectivity index (χ3v) is 7.99. The number of rotatable bonds is 32. The highest BCUT2D eigenvalue weighted by Gasteiger charge is 1.98. The molecule has 0 amide bonds. The second-order valence-corrected chi connectivity index (χ2v) is 12.2. The Balaban J connectivity index is 0. The number of aliphatic carboxylic acids is 2. The summed E-state index contributed by atoms with van der Waals surface area (Å²) in [6.07, 6.45) is 40.9. The minimum absolute atomic E-state index is 0.337. The van der Waals surface area contributed by atoms with E-state index in [2.05, 4.69) is 13.8 Å². The highest BCUT2D eigenvalue weighted by Crippen LogP contribution is 2.16. The van der Waals surface area contributed by atoms with Crippen molar-refractivity contribution < 1.29 is 19.8 Å². The third-order valence-electron chi connectivity index (χ3n) is 7.99. The minimum atomic E-state index is -0.670. The first-order valence-corrected chi connectivity index (χ1v) is 18.0. The Kier molecular flexibility index (Phi) is 39.0. The van der Waals surface area contributed by atoms with E-state index in [0.717, 1.165) is 25.7 Å². The largest absolute Gasteiger partial charge is 0.481 e. The monoisotopic (exact) mass is 569 g/mol. The first kappa shape index (κ1) is 41.1. The van der Waals surface area contributed by atoms with Crippen molar-refractivity contribution in [2.75, 3.05) is 0 Å². The normalized spacial score (nSPS) is 10.8. The first-order chi connectivity index (χ1) is 19.5. The van der Waals surface area contributed by atoms with Crippen LogP contribution in [0.25, 0.3) is 0 Å². The standard InChI is InChI=1S/C28H56O2.C8H16O2/c1-2-3-4-5-6-7-8-9-10-11-12-13-14-15-16-17-18-19-20-21-22-23-24-25-26-27-28(29)30;1-2-3-4-5-6-7-8(9)10/h2-27H2,1H3,(H,29,30);2-7H2,1H3,(H,9,10). The summed E-state index contributed by atoms with van der Waals surface area (Å²) < 4.78 is 0. The maximum atomic E-state index is 10.4. The van der Waals surface area contributed by atoms with E-state index in [1.165, 1.54) is 167 Å². The molecule has 2 N–H and O–H groups in total. The summed E-state index contributed by atoms with van der Waals surface area (Å²) in [6.45, 7) is 4.44. The number of carboxylic acid groups (broad SMARTS) is 2. The van der Waals surface area contributed by atoms with Gasteiger partial charge in [0, 0.05) is 12.8 Å². The topological polar surface area (TPSA) is 74.6 Å². The third kappa shape index (κ3) is 44.0. The molecule has 4 heteroatoms. The van der Waals surface area contributed by atoms with Gasteiger partial charge in [-0.2, -0.15) is 0 Å². The molecule has 4 nitrogen and oxygen atoms in total. The molecule has 0 aromatic carbocycles. The van der Waals surface area contributed by atoms with Crippen LogP contribution in [0.3, 0.4) is 0 Å². The summed E-state index contributed by atoms with van der Waals surface area (Å²) in [5.41, 5.74) is 0. The average molecular weight is 569 g/mol. The molecule has 0 spiro atoms. The second-order valence-electron chi connectivity index (χ2n) is 12.2. The summed E-state index contributed by atoms with van der Waals surface area (Å²) >= 11 is 0. The maximum absolute atomic E-state index is 10.4. The minimum Gasteiger partial charge on any atom is -0.481 e. The molecule has 0 rings (SSSR count). The maximum Gasteiger partial charge on any atom is 0.303 e. The van der Waals surface area contributed by atoms with Crippen molar-refractivity contribution in [2.45, 2.75) is 219 Å². The van der Waals surface area contributed by atoms with E-state index in [0.29, 0.717) is 12.8 Å². The molecule has 0 aliphatic carbocycles. The highest BCUT2D eigenvalue weighted by molar-refractivity contribution is 5.66. The Morgan fingerprint density at radius 2 is 0.450 bits per heavy atom. The van der Waals surface area contributed by atoms with Crippen LogP contribution in [0, 0.1) is 0 Å². The van der Waals surface area contributed by atoms with Gasteiger partial charge in [-0.05, 0) is 12.8 Å². The quantitative estimate of drug-likeness (QED) is 0.0791. The summed E-state index contributed by atoms with van der Waals surface area (Å²) in [5, 5.41) is 16.9. The van der Waals surface area contributed by atoms with Gasteiger partial charge in [-0.1, -0.05) is 194 Å². The molecule has 0 aromatic rings. The highest BCUT2D eigenvalue weighted by atomic mass is 16.4. The lowest BCUT2D eigenvalue weighted by Crippen LogP contribution is -1.93. The van der Waals surface area contributed by atoms with Crippen molar-refractivity contribution in [1.82, 2.24) is 0 Å². The molecule has 240 valence electrons. The Morgan fingerprint density at radius 1 is 0.300 bits per heavy atom. The molecule has 0 fully saturated rings. The van der Waals surface area contributed by atoms with Gasteiger partial charge in [0.25, 0.3) is 0 Å². The molecular formula is C36H72O4. The van der Waals surface area contributed by atoms with E-state index in [1.807, 2.05) is 0 Å². The van der Waals surface area contributed by atoms with Crippen LogP contribution in [0.2, 0.25) is 0 Å². The van der Waals surface area contributed by atoms with Crippen LogP contribution in [0.4, 0.5) is 0 Å². The smallest absolute Gasteiger partial charge is 0.303 e. The molecule has 0 aromatic heterocycles. The van der Waals surface area contributed by atoms with Crippen LogP contribution < -0.4 is 0 Å². The Morgan fingerprint density at radius 3 is 0.600 bits per heavy atom. The van der Waals surface area contributed by atoms with Crippen molar-refractivity contribution in [2.24, 2.45) is 0 Å². The van der Waals surface area contributed by atoms with Gasteiger partial charge in [0.1, 0.15) is 0 Å². The van der Waals surface area contributed by atoms with E-state index in [4.69, 9.17) is 10.2 Å². The fourth-order valence-corrected chi connectivity index (χ4v) is 5.30. The van der Waals surface area contributed by atoms with Gasteiger partial charge < -0.3 is 10.2 Å². The van der Waals surface area contributed by atoms with Crippen LogP contribution in [0.1, 0.15) is 219 Å². The van der Waals surface area contributed by atoms with Gasteiger partial charge in [0.2, 0.25) is 0 Å². The zero-order valence-electron chi connectivity index (χ0n) is 27.3. The Hall–Kier alpha value is -1.06. The SMILES string of the molecule is CCCCCCCC(=O)O.CCCCCCCCCCCCCCCCCCCCCCCCCCCC(=O)O. The molecule has 0 aliphatic heterocycles. The van der Waals surface area contributed by atoms with Crippen LogP contribution in [-0.2, 0) is 9.59 Å². The summed E-state index contributed by atoms with van der Waals surface area (Å²) in [5.74, 6) is -1.32. The second kappa shape index (κ2) is 37.9. The van der Waals surface area contributed by atoms with E-state index >= 15 is 0 Å². The molecule has 0 bridgehead atoms. The van der Waals surface area contributed by atoms with Crippen molar-refractivity contribution in [1.29, 1.82) is 0 Å². The van der Waals surface area contributed by atoms with E-state index in [1.54, 1.807) is 0 Å². The number of carboxylic acids is 2. The molecule has 0 heterocycles. The van der Waals surface area contributed by atoms with Crippen molar-refractivity contribution in [3.05, 3.63) is 0 Å². The van der Waals surface area contributed by atoms with Crippen LogP contribution in [-0.4, -0.2) is 22.2 Å². The number of hydrogen-bond donors (Lipinski definition) is 2. The lowest BCUT2D eigenvalue weighted by atomic mass is 10.0. The average Bonchev–Trinajstić information content (AvgIpc) is 2.93. The lowest BCUT2D eigenvalue weighted by Gasteiger charge is -2.04. The van der Waals surface area contributed by atoms with Crippen molar-refractivity contribution in [3.63, 3.8) is 0 Å². The molecular weight excluding hydrogens is 496 g/mol. The van der Waals surface area contributed by atoms with E-state index in [9.17, 15) is 9.59 Å². The van der Waals surface area contributed by atoms with Crippen LogP contribution >= 0.6 is 0 Å². The van der Waals surface area contributed by atoms with E-state index in [-0.39, 0.29) is 0 Å². The predicted octanol–water partition coefficient (Wildman–Crippen LogP) is 12.7. The molecule has 0 atom stereocenters. The predicted molar refractivity (Wildman–Crippen MR) is 174 cm³/mol. The number of carbonyl (C=O) groups is 2. The van der Waals surface area contributed by atoms with Crippen LogP contribution in [0.15, 0.2) is 0 Å². The molecule has 0 unspecified atom stereocenters. The van der Waals surface area contributed by atoms with Gasteiger partial charge in [-0.25, -0.2) is 0 Å². The van der Waals surface area contributed by atoms with Crippen molar-refractivity contribution in [3.8, 4) is 0 Å². The molecule has 40 heavy (non-hydrogen) atoms. The van der Waals surface area contributed by atoms with Gasteiger partial charge >= 0.3 is 11.9 Å². The number of hydrogen-bond acceptors (Lipinski definition) is 2. The van der Waals surface area contributed by atoms with Gasteiger partial charge in [0.05, 0.1) is 0 Å². The van der Waals surface area contributed by atoms with Crippen LogP contribution in [0.5, 0.6) is 0 Å². The summed E-state index contributed by atoms with van der Waals surface area (Å²) in [6, 6.07) is 0. The number of unbranched alkanes of at least 4 members (excludes halogenated alkanes) is 28. The summed E-state index contributed by atoms with van der Waals surface area (Å²) in [4.78, 5) is 20.5. The fraction of sp³-hybridized carbons (Fsp3) is 0.944. The van der Waals surface area contributed by atoms with Crippen molar-refractivity contribution >= 4 is 11.9 Å². The van der Waals surface area contributed by atoms with Gasteiger partial charge in [0.15, 0.2) is 0 Å². The zero-order valence-corrected chi connectivity index (χ0v) is 27.3. The Labute approximate surface area is 250 Å². The van der Waals surface area contributed by atoms with E-state index < -0.39 is 11.9 Å². The lowest BCUT2D eigenvalue weighted by molar-refractivity contribution is -0.138.